The predicted octanol–water partition coefficient (Wildman–Crippen LogP) is 3.42. The van der Waals surface area contributed by atoms with Gasteiger partial charge in [-0.25, -0.2) is 0 Å². The van der Waals surface area contributed by atoms with Gasteiger partial charge in [-0.1, -0.05) is 33.1 Å². The van der Waals surface area contributed by atoms with Gasteiger partial charge in [0.1, 0.15) is 0 Å². The Labute approximate surface area is 108 Å². The molecule has 0 aromatic carbocycles. The molecule has 1 saturated heterocycles. The molecule has 0 spiro atoms. The van der Waals surface area contributed by atoms with E-state index in [0.717, 1.165) is 6.04 Å². The van der Waals surface area contributed by atoms with Gasteiger partial charge < -0.3 is 10.2 Å². The van der Waals surface area contributed by atoms with Crippen LogP contribution in [0.1, 0.15) is 65.7 Å². The van der Waals surface area contributed by atoms with Crippen molar-refractivity contribution in [2.75, 3.05) is 19.6 Å². The van der Waals surface area contributed by atoms with E-state index in [4.69, 9.17) is 0 Å². The van der Waals surface area contributed by atoms with Gasteiger partial charge in [0, 0.05) is 12.1 Å². The first-order valence-corrected chi connectivity index (χ1v) is 7.74. The fraction of sp³-hybridized carbons (Fsp3) is 1.00. The number of hydrogen-bond donors (Lipinski definition) is 1. The molecule has 2 nitrogen and oxygen atoms in total. The van der Waals surface area contributed by atoms with E-state index >= 15 is 0 Å². The van der Waals surface area contributed by atoms with E-state index in [1.54, 1.807) is 0 Å². The Morgan fingerprint density at radius 3 is 2.53 bits per heavy atom. The number of nitrogens with zero attached hydrogens (tertiary/aromatic N) is 1. The Morgan fingerprint density at radius 1 is 1.06 bits per heavy atom. The first-order chi connectivity index (χ1) is 8.26. The fourth-order valence-electron chi connectivity index (χ4n) is 2.70. The standard InChI is InChI=1S/C15H32N2/c1-4-6-7-8-11-17-12-9-14(3)16-15(5-2)10-13-17/h14-16H,4-13H2,1-3H3. The minimum atomic E-state index is 0.693. The Kier molecular flexibility index (Phi) is 7.87. The summed E-state index contributed by atoms with van der Waals surface area (Å²) < 4.78 is 0. The monoisotopic (exact) mass is 240 g/mol. The molecule has 1 heterocycles. The summed E-state index contributed by atoms with van der Waals surface area (Å²) in [6.07, 6.45) is 9.47. The van der Waals surface area contributed by atoms with E-state index in [0.29, 0.717) is 6.04 Å². The van der Waals surface area contributed by atoms with E-state index in [1.807, 2.05) is 0 Å². The third-order valence-electron chi connectivity index (χ3n) is 4.01. The number of unbranched alkanes of at least 4 members (excludes halogenated alkanes) is 3. The Morgan fingerprint density at radius 2 is 1.82 bits per heavy atom. The summed E-state index contributed by atoms with van der Waals surface area (Å²) in [5.41, 5.74) is 0. The molecular weight excluding hydrogens is 208 g/mol. The van der Waals surface area contributed by atoms with Crippen molar-refractivity contribution in [1.29, 1.82) is 0 Å². The van der Waals surface area contributed by atoms with Crippen LogP contribution in [-0.2, 0) is 0 Å². The second-order valence-electron chi connectivity index (χ2n) is 5.65. The molecule has 1 aliphatic heterocycles. The average Bonchev–Trinajstić information content (AvgIpc) is 2.32. The SMILES string of the molecule is CCCCCCN1CCC(C)NC(CC)CC1. The Balaban J connectivity index is 2.24. The molecule has 102 valence electrons. The zero-order valence-electron chi connectivity index (χ0n) is 12.2. The van der Waals surface area contributed by atoms with Crippen LogP contribution >= 0.6 is 0 Å². The van der Waals surface area contributed by atoms with Crippen LogP contribution in [-0.4, -0.2) is 36.6 Å². The summed E-state index contributed by atoms with van der Waals surface area (Å²) in [5, 5.41) is 3.74. The van der Waals surface area contributed by atoms with Gasteiger partial charge in [-0.3, -0.25) is 0 Å². The first-order valence-electron chi connectivity index (χ1n) is 7.74. The van der Waals surface area contributed by atoms with E-state index in [2.05, 4.69) is 31.0 Å². The minimum absolute atomic E-state index is 0.693. The molecule has 2 unspecified atom stereocenters. The molecule has 1 N–H and O–H groups in total. The van der Waals surface area contributed by atoms with Gasteiger partial charge in [-0.15, -0.1) is 0 Å². The maximum Gasteiger partial charge on any atom is 0.00790 e. The van der Waals surface area contributed by atoms with Gasteiger partial charge in [-0.05, 0) is 52.2 Å². The second-order valence-corrected chi connectivity index (χ2v) is 5.65. The quantitative estimate of drug-likeness (QED) is 0.716. The van der Waals surface area contributed by atoms with Crippen LogP contribution in [0.4, 0.5) is 0 Å². The summed E-state index contributed by atoms with van der Waals surface area (Å²) >= 11 is 0. The second kappa shape index (κ2) is 8.93. The summed E-state index contributed by atoms with van der Waals surface area (Å²) in [6, 6.07) is 1.43. The topological polar surface area (TPSA) is 15.3 Å². The lowest BCUT2D eigenvalue weighted by molar-refractivity contribution is 0.209. The van der Waals surface area contributed by atoms with Crippen LogP contribution < -0.4 is 5.32 Å². The van der Waals surface area contributed by atoms with Gasteiger partial charge >= 0.3 is 0 Å². The lowest BCUT2D eigenvalue weighted by Crippen LogP contribution is -2.44. The molecule has 17 heavy (non-hydrogen) atoms. The number of hydrogen-bond acceptors (Lipinski definition) is 2. The summed E-state index contributed by atoms with van der Waals surface area (Å²) in [7, 11) is 0. The number of rotatable bonds is 6. The molecule has 2 atom stereocenters. The molecule has 0 bridgehead atoms. The largest absolute Gasteiger partial charge is 0.311 e. The molecule has 1 aliphatic rings. The zero-order valence-corrected chi connectivity index (χ0v) is 12.2. The van der Waals surface area contributed by atoms with Crippen LogP contribution in [0.15, 0.2) is 0 Å². The van der Waals surface area contributed by atoms with Crippen molar-refractivity contribution >= 4 is 0 Å². The van der Waals surface area contributed by atoms with Crippen LogP contribution in [0.3, 0.4) is 0 Å². The molecule has 0 amide bonds. The van der Waals surface area contributed by atoms with E-state index in [-0.39, 0.29) is 0 Å². The average molecular weight is 240 g/mol. The van der Waals surface area contributed by atoms with Gasteiger partial charge in [0.2, 0.25) is 0 Å². The predicted molar refractivity (Wildman–Crippen MR) is 76.5 cm³/mol. The molecule has 1 rings (SSSR count). The lowest BCUT2D eigenvalue weighted by atomic mass is 10.1. The highest BCUT2D eigenvalue weighted by atomic mass is 15.1. The summed E-state index contributed by atoms with van der Waals surface area (Å²) in [6.45, 7) is 10.8. The molecule has 0 aromatic heterocycles. The molecule has 1 fully saturated rings. The normalized spacial score (nSPS) is 27.7. The lowest BCUT2D eigenvalue weighted by Gasteiger charge is -2.32. The maximum atomic E-state index is 3.74. The van der Waals surface area contributed by atoms with Gasteiger partial charge in [0.05, 0.1) is 0 Å². The molecule has 0 radical (unpaired) electrons. The van der Waals surface area contributed by atoms with Crippen molar-refractivity contribution < 1.29 is 0 Å². The summed E-state index contributed by atoms with van der Waals surface area (Å²) in [5.74, 6) is 0. The van der Waals surface area contributed by atoms with Crippen molar-refractivity contribution in [3.05, 3.63) is 0 Å². The van der Waals surface area contributed by atoms with Gasteiger partial charge in [0.15, 0.2) is 0 Å². The highest BCUT2D eigenvalue weighted by Gasteiger charge is 2.16. The van der Waals surface area contributed by atoms with Crippen LogP contribution in [0.2, 0.25) is 0 Å². The van der Waals surface area contributed by atoms with Crippen LogP contribution in [0, 0.1) is 0 Å². The summed E-state index contributed by atoms with van der Waals surface area (Å²) in [4.78, 5) is 2.69. The van der Waals surface area contributed by atoms with Gasteiger partial charge in [-0.2, -0.15) is 0 Å². The van der Waals surface area contributed by atoms with E-state index < -0.39 is 0 Å². The third kappa shape index (κ3) is 6.42. The van der Waals surface area contributed by atoms with Crippen molar-refractivity contribution in [2.45, 2.75) is 77.8 Å². The van der Waals surface area contributed by atoms with Crippen molar-refractivity contribution in [1.82, 2.24) is 10.2 Å². The van der Waals surface area contributed by atoms with E-state index in [9.17, 15) is 0 Å². The van der Waals surface area contributed by atoms with Crippen LogP contribution in [0.5, 0.6) is 0 Å². The minimum Gasteiger partial charge on any atom is -0.311 e. The van der Waals surface area contributed by atoms with Crippen molar-refractivity contribution in [3.63, 3.8) is 0 Å². The highest BCUT2D eigenvalue weighted by Crippen LogP contribution is 2.10. The maximum absolute atomic E-state index is 3.74. The number of nitrogens with one attached hydrogen (secondary N) is 1. The van der Waals surface area contributed by atoms with Gasteiger partial charge in [0.25, 0.3) is 0 Å². The Bertz CT molecular complexity index is 182. The third-order valence-corrected chi connectivity index (χ3v) is 4.01. The molecule has 2 heteroatoms. The smallest absolute Gasteiger partial charge is 0.00790 e. The van der Waals surface area contributed by atoms with Crippen molar-refractivity contribution in [2.24, 2.45) is 0 Å². The fourth-order valence-corrected chi connectivity index (χ4v) is 2.70. The molecule has 0 aliphatic carbocycles. The molecule has 0 saturated carbocycles. The molecule has 0 aromatic rings. The van der Waals surface area contributed by atoms with Crippen LogP contribution in [0.25, 0.3) is 0 Å². The zero-order chi connectivity index (χ0) is 12.5. The molecular formula is C15H32N2. The van der Waals surface area contributed by atoms with Crippen molar-refractivity contribution in [3.8, 4) is 0 Å². The Hall–Kier alpha value is -0.0800. The first kappa shape index (κ1) is 15.0. The van der Waals surface area contributed by atoms with E-state index in [1.165, 1.54) is 64.6 Å². The highest BCUT2D eigenvalue weighted by molar-refractivity contribution is 4.76.